The van der Waals surface area contributed by atoms with Crippen LogP contribution in [0.2, 0.25) is 0 Å². The van der Waals surface area contributed by atoms with Gasteiger partial charge in [-0.25, -0.2) is 4.39 Å². The molecule has 104 valence electrons. The molecule has 0 aliphatic carbocycles. The summed E-state index contributed by atoms with van der Waals surface area (Å²) in [6, 6.07) is 19.8. The van der Waals surface area contributed by atoms with E-state index in [4.69, 9.17) is 0 Å². The van der Waals surface area contributed by atoms with Crippen LogP contribution in [0.15, 0.2) is 73.3 Å². The van der Waals surface area contributed by atoms with E-state index >= 15 is 0 Å². The first kappa shape index (κ1) is 14.3. The summed E-state index contributed by atoms with van der Waals surface area (Å²) in [6.45, 7) is 6.14. The number of nitrogens with zero attached hydrogens (tertiary/aromatic N) is 1. The molecule has 0 aromatic heterocycles. The summed E-state index contributed by atoms with van der Waals surface area (Å²) in [7, 11) is 0. The number of hydrogen-bond acceptors (Lipinski definition) is 1. The van der Waals surface area contributed by atoms with Crippen molar-refractivity contribution >= 4 is 5.69 Å². The fraction of sp³-hybridized carbons (Fsp3) is 0.222. The van der Waals surface area contributed by atoms with E-state index in [0.717, 1.165) is 5.69 Å². The fourth-order valence-corrected chi connectivity index (χ4v) is 2.24. The van der Waals surface area contributed by atoms with Crippen LogP contribution in [-0.4, -0.2) is 12.2 Å². The largest absolute Gasteiger partial charge is 0.361 e. The number of anilines is 1. The van der Waals surface area contributed by atoms with Gasteiger partial charge in [0.2, 0.25) is 0 Å². The van der Waals surface area contributed by atoms with E-state index in [-0.39, 0.29) is 6.04 Å². The maximum absolute atomic E-state index is 14.0. The SMILES string of the molecule is C=C[C@@H](F)[C@H](C)N(Cc1ccccc1)c1ccccc1. The smallest absolute Gasteiger partial charge is 0.138 e. The van der Waals surface area contributed by atoms with Gasteiger partial charge >= 0.3 is 0 Å². The maximum Gasteiger partial charge on any atom is 0.138 e. The normalized spacial score (nSPS) is 13.5. The van der Waals surface area contributed by atoms with E-state index in [0.29, 0.717) is 6.54 Å². The van der Waals surface area contributed by atoms with Gasteiger partial charge in [0.25, 0.3) is 0 Å². The van der Waals surface area contributed by atoms with Crippen LogP contribution in [0.25, 0.3) is 0 Å². The van der Waals surface area contributed by atoms with Gasteiger partial charge in [-0.15, -0.1) is 6.58 Å². The van der Waals surface area contributed by atoms with Gasteiger partial charge in [-0.2, -0.15) is 0 Å². The third kappa shape index (κ3) is 3.47. The molecule has 0 radical (unpaired) electrons. The Balaban J connectivity index is 2.27. The van der Waals surface area contributed by atoms with E-state index in [9.17, 15) is 4.39 Å². The Labute approximate surface area is 120 Å². The van der Waals surface area contributed by atoms with Crippen LogP contribution < -0.4 is 4.90 Å². The average molecular weight is 269 g/mol. The second-order valence-corrected chi connectivity index (χ2v) is 4.87. The lowest BCUT2D eigenvalue weighted by molar-refractivity contribution is 0.339. The number of halogens is 1. The molecule has 0 spiro atoms. The van der Waals surface area contributed by atoms with Crippen LogP contribution in [0.1, 0.15) is 12.5 Å². The quantitative estimate of drug-likeness (QED) is 0.692. The van der Waals surface area contributed by atoms with Crippen molar-refractivity contribution in [3.63, 3.8) is 0 Å². The van der Waals surface area contributed by atoms with E-state index < -0.39 is 6.17 Å². The van der Waals surface area contributed by atoms with Crippen molar-refractivity contribution in [1.82, 2.24) is 0 Å². The van der Waals surface area contributed by atoms with Gasteiger partial charge in [0.05, 0.1) is 6.04 Å². The van der Waals surface area contributed by atoms with Crippen LogP contribution in [0, 0.1) is 0 Å². The molecule has 0 N–H and O–H groups in total. The second kappa shape index (κ2) is 6.90. The van der Waals surface area contributed by atoms with Crippen molar-refractivity contribution in [3.05, 3.63) is 78.9 Å². The molecule has 0 fully saturated rings. The van der Waals surface area contributed by atoms with Crippen LogP contribution in [0.5, 0.6) is 0 Å². The zero-order valence-electron chi connectivity index (χ0n) is 11.7. The zero-order chi connectivity index (χ0) is 14.4. The third-order valence-electron chi connectivity index (χ3n) is 3.46. The van der Waals surface area contributed by atoms with Crippen molar-refractivity contribution in [2.45, 2.75) is 25.7 Å². The van der Waals surface area contributed by atoms with Crippen LogP contribution in [0.3, 0.4) is 0 Å². The van der Waals surface area contributed by atoms with Crippen molar-refractivity contribution in [2.75, 3.05) is 4.90 Å². The average Bonchev–Trinajstić information content (AvgIpc) is 2.53. The molecule has 2 aromatic rings. The summed E-state index contributed by atoms with van der Waals surface area (Å²) in [5.41, 5.74) is 2.19. The Morgan fingerprint density at radius 2 is 1.60 bits per heavy atom. The van der Waals surface area contributed by atoms with Gasteiger partial charge in [0.1, 0.15) is 6.17 Å². The lowest BCUT2D eigenvalue weighted by Gasteiger charge is -2.32. The lowest BCUT2D eigenvalue weighted by Crippen LogP contribution is -2.38. The Morgan fingerprint density at radius 3 is 2.15 bits per heavy atom. The minimum absolute atomic E-state index is 0.255. The number of benzene rings is 2. The zero-order valence-corrected chi connectivity index (χ0v) is 11.7. The number of hydrogen-bond donors (Lipinski definition) is 0. The van der Waals surface area contributed by atoms with E-state index in [2.05, 4.69) is 23.6 Å². The molecule has 0 amide bonds. The molecule has 0 heterocycles. The molecular weight excluding hydrogens is 249 g/mol. The first-order valence-electron chi connectivity index (χ1n) is 6.84. The summed E-state index contributed by atoms with van der Waals surface area (Å²) in [4.78, 5) is 2.07. The van der Waals surface area contributed by atoms with Gasteiger partial charge in [0, 0.05) is 12.2 Å². The summed E-state index contributed by atoms with van der Waals surface area (Å²) < 4.78 is 14.0. The molecule has 0 saturated heterocycles. The first-order valence-corrected chi connectivity index (χ1v) is 6.84. The first-order chi connectivity index (χ1) is 9.72. The summed E-state index contributed by atoms with van der Waals surface area (Å²) in [6.07, 6.45) is 0.310. The molecular formula is C18H20FN. The molecule has 0 saturated carbocycles. The Morgan fingerprint density at radius 1 is 1.05 bits per heavy atom. The van der Waals surface area contributed by atoms with Gasteiger partial charge in [-0.1, -0.05) is 54.6 Å². The highest BCUT2D eigenvalue weighted by atomic mass is 19.1. The fourth-order valence-electron chi connectivity index (χ4n) is 2.24. The number of alkyl halides is 1. The standard InChI is InChI=1S/C18H20FN/c1-3-18(19)15(2)20(17-12-8-5-9-13-17)14-16-10-6-4-7-11-16/h3-13,15,18H,1,14H2,2H3/t15-,18+/m0/s1. The minimum Gasteiger partial charge on any atom is -0.361 e. The molecule has 2 heteroatoms. The third-order valence-corrected chi connectivity index (χ3v) is 3.46. The molecule has 0 unspecified atom stereocenters. The number of rotatable bonds is 6. The summed E-state index contributed by atoms with van der Waals surface area (Å²) in [5.74, 6) is 0. The van der Waals surface area contributed by atoms with Crippen molar-refractivity contribution in [1.29, 1.82) is 0 Å². The molecule has 20 heavy (non-hydrogen) atoms. The van der Waals surface area contributed by atoms with Crippen molar-refractivity contribution < 1.29 is 4.39 Å². The van der Waals surface area contributed by atoms with Crippen LogP contribution in [-0.2, 0) is 6.54 Å². The van der Waals surface area contributed by atoms with Gasteiger partial charge in [-0.3, -0.25) is 0 Å². The molecule has 1 nitrogen and oxygen atoms in total. The highest BCUT2D eigenvalue weighted by molar-refractivity contribution is 5.48. The monoisotopic (exact) mass is 269 g/mol. The van der Waals surface area contributed by atoms with E-state index in [1.54, 1.807) is 0 Å². The maximum atomic E-state index is 14.0. The molecule has 2 atom stereocenters. The predicted octanol–water partition coefficient (Wildman–Crippen LogP) is 4.61. The predicted molar refractivity (Wildman–Crippen MR) is 83.6 cm³/mol. The highest BCUT2D eigenvalue weighted by Crippen LogP contribution is 2.22. The topological polar surface area (TPSA) is 3.24 Å². The Bertz CT molecular complexity index is 524. The van der Waals surface area contributed by atoms with Crippen molar-refractivity contribution in [3.8, 4) is 0 Å². The molecule has 0 bridgehead atoms. The molecule has 2 rings (SSSR count). The molecule has 2 aromatic carbocycles. The minimum atomic E-state index is -1.06. The second-order valence-electron chi connectivity index (χ2n) is 4.87. The van der Waals surface area contributed by atoms with Gasteiger partial charge < -0.3 is 4.90 Å². The Kier molecular flexibility index (Phi) is 4.94. The highest BCUT2D eigenvalue weighted by Gasteiger charge is 2.21. The van der Waals surface area contributed by atoms with Gasteiger partial charge in [0.15, 0.2) is 0 Å². The van der Waals surface area contributed by atoms with Crippen LogP contribution >= 0.6 is 0 Å². The van der Waals surface area contributed by atoms with E-state index in [1.165, 1.54) is 11.6 Å². The number of para-hydroxylation sites is 1. The van der Waals surface area contributed by atoms with Crippen LogP contribution in [0.4, 0.5) is 10.1 Å². The van der Waals surface area contributed by atoms with Gasteiger partial charge in [-0.05, 0) is 24.6 Å². The lowest BCUT2D eigenvalue weighted by atomic mass is 10.1. The summed E-state index contributed by atoms with van der Waals surface area (Å²) >= 11 is 0. The Hall–Kier alpha value is -2.09. The molecule has 0 aliphatic heterocycles. The molecule has 0 aliphatic rings. The van der Waals surface area contributed by atoms with Crippen molar-refractivity contribution in [2.24, 2.45) is 0 Å². The summed E-state index contributed by atoms with van der Waals surface area (Å²) in [5, 5.41) is 0. The van der Waals surface area contributed by atoms with E-state index in [1.807, 2.05) is 55.5 Å².